The second-order valence-corrected chi connectivity index (χ2v) is 8.77. The highest BCUT2D eigenvalue weighted by Crippen LogP contribution is 2.51. The van der Waals surface area contributed by atoms with Gasteiger partial charge in [0.25, 0.3) is 0 Å². The topological polar surface area (TPSA) is 63.2 Å². The van der Waals surface area contributed by atoms with E-state index in [1.165, 1.54) is 12.1 Å². The molecule has 3 rings (SSSR count). The van der Waals surface area contributed by atoms with E-state index in [0.29, 0.717) is 19.3 Å². The molecular formula is C16H18F3NO3S. The van der Waals surface area contributed by atoms with E-state index in [-0.39, 0.29) is 29.0 Å². The fraction of sp³-hybridized carbons (Fsp3) is 0.562. The average Bonchev–Trinajstić information content (AvgIpc) is 3.29. The Morgan fingerprint density at radius 3 is 2.38 bits per heavy atom. The maximum atomic E-state index is 13.1. The number of amides is 1. The highest BCUT2D eigenvalue weighted by molar-refractivity contribution is 7.91. The van der Waals surface area contributed by atoms with Gasteiger partial charge in [0, 0.05) is 12.0 Å². The number of rotatable bonds is 3. The summed E-state index contributed by atoms with van der Waals surface area (Å²) in [6.07, 6.45) is -3.31. The summed E-state index contributed by atoms with van der Waals surface area (Å²) in [5, 5.41) is 2.79. The lowest BCUT2D eigenvalue weighted by molar-refractivity contribution is -0.138. The van der Waals surface area contributed by atoms with Crippen molar-refractivity contribution in [3.63, 3.8) is 0 Å². The predicted octanol–water partition coefficient (Wildman–Crippen LogP) is 2.50. The molecule has 1 heterocycles. The van der Waals surface area contributed by atoms with Crippen LogP contribution in [0.4, 0.5) is 13.2 Å². The summed E-state index contributed by atoms with van der Waals surface area (Å²) in [6, 6.07) is 5.14. The van der Waals surface area contributed by atoms with Gasteiger partial charge in [0.15, 0.2) is 0 Å². The van der Waals surface area contributed by atoms with Gasteiger partial charge in [-0.05, 0) is 36.8 Å². The number of carbonyl (C=O) groups is 1. The average molecular weight is 361 g/mol. The number of carbonyl (C=O) groups excluding carboxylic acids is 1. The van der Waals surface area contributed by atoms with Crippen LogP contribution in [-0.2, 0) is 20.8 Å². The molecule has 1 aromatic carbocycles. The zero-order valence-corrected chi connectivity index (χ0v) is 13.7. The Balaban J connectivity index is 1.63. The van der Waals surface area contributed by atoms with E-state index in [0.717, 1.165) is 6.07 Å². The molecule has 4 nitrogen and oxygen atoms in total. The lowest BCUT2D eigenvalue weighted by Gasteiger charge is -2.23. The van der Waals surface area contributed by atoms with Gasteiger partial charge < -0.3 is 5.32 Å². The van der Waals surface area contributed by atoms with Crippen molar-refractivity contribution >= 4 is 15.7 Å². The minimum Gasteiger partial charge on any atom is -0.353 e. The van der Waals surface area contributed by atoms with Crippen molar-refractivity contribution in [2.75, 3.05) is 11.5 Å². The van der Waals surface area contributed by atoms with Crippen molar-refractivity contribution in [1.82, 2.24) is 5.32 Å². The van der Waals surface area contributed by atoms with Crippen molar-refractivity contribution in [2.24, 2.45) is 5.92 Å². The Morgan fingerprint density at radius 2 is 1.75 bits per heavy atom. The van der Waals surface area contributed by atoms with Crippen molar-refractivity contribution in [3.05, 3.63) is 35.4 Å². The molecule has 1 aliphatic carbocycles. The third kappa shape index (κ3) is 3.74. The largest absolute Gasteiger partial charge is 0.416 e. The Morgan fingerprint density at radius 1 is 1.12 bits per heavy atom. The van der Waals surface area contributed by atoms with Gasteiger partial charge in [-0.3, -0.25) is 4.79 Å². The number of alkyl halides is 3. The fourth-order valence-electron chi connectivity index (χ4n) is 3.25. The smallest absolute Gasteiger partial charge is 0.353 e. The maximum Gasteiger partial charge on any atom is 0.416 e. The van der Waals surface area contributed by atoms with E-state index < -0.39 is 33.4 Å². The van der Waals surface area contributed by atoms with Gasteiger partial charge in [0.1, 0.15) is 9.84 Å². The van der Waals surface area contributed by atoms with Gasteiger partial charge in [0.2, 0.25) is 5.91 Å². The van der Waals surface area contributed by atoms with Gasteiger partial charge in [-0.15, -0.1) is 0 Å². The Kier molecular flexibility index (Phi) is 4.36. The molecule has 132 valence electrons. The van der Waals surface area contributed by atoms with Crippen LogP contribution in [-0.4, -0.2) is 31.9 Å². The first-order valence-corrected chi connectivity index (χ1v) is 9.66. The summed E-state index contributed by atoms with van der Waals surface area (Å²) in [6.45, 7) is 0. The minimum absolute atomic E-state index is 0.0446. The van der Waals surface area contributed by atoms with Crippen LogP contribution in [0.3, 0.4) is 0 Å². The lowest BCUT2D eigenvalue weighted by Crippen LogP contribution is -2.41. The van der Waals surface area contributed by atoms with E-state index >= 15 is 0 Å². The SMILES string of the molecule is O=C(NC1CCS(=O)(=O)CC1)[C@@H]1C[C@@H]1c1ccccc1C(F)(F)F. The molecule has 0 spiro atoms. The van der Waals surface area contributed by atoms with Crippen molar-refractivity contribution in [2.45, 2.75) is 37.4 Å². The zero-order chi connectivity index (χ0) is 17.5. The molecule has 1 aliphatic heterocycles. The molecule has 24 heavy (non-hydrogen) atoms. The molecule has 0 unspecified atom stereocenters. The van der Waals surface area contributed by atoms with Gasteiger partial charge in [-0.25, -0.2) is 8.42 Å². The number of halogens is 3. The van der Waals surface area contributed by atoms with Gasteiger partial charge in [-0.2, -0.15) is 13.2 Å². The summed E-state index contributed by atoms with van der Waals surface area (Å²) >= 11 is 0. The molecule has 2 aliphatic rings. The zero-order valence-electron chi connectivity index (χ0n) is 12.8. The summed E-state index contributed by atoms with van der Waals surface area (Å²) in [4.78, 5) is 12.2. The molecule has 1 aromatic rings. The van der Waals surface area contributed by atoms with Gasteiger partial charge >= 0.3 is 6.18 Å². The molecule has 0 bridgehead atoms. The molecule has 0 radical (unpaired) electrons. The van der Waals surface area contributed by atoms with Crippen molar-refractivity contribution in [1.29, 1.82) is 0 Å². The summed E-state index contributed by atoms with van der Waals surface area (Å²) in [5.41, 5.74) is -0.523. The highest BCUT2D eigenvalue weighted by atomic mass is 32.2. The number of nitrogens with one attached hydrogen (secondary N) is 1. The van der Waals surface area contributed by atoms with E-state index in [2.05, 4.69) is 5.32 Å². The second kappa shape index (κ2) is 6.06. The molecular weight excluding hydrogens is 343 g/mol. The minimum atomic E-state index is -4.43. The van der Waals surface area contributed by atoms with E-state index in [1.807, 2.05) is 0 Å². The van der Waals surface area contributed by atoms with Gasteiger partial charge in [0.05, 0.1) is 17.1 Å². The van der Waals surface area contributed by atoms with Crippen LogP contribution in [0.1, 0.15) is 36.3 Å². The van der Waals surface area contributed by atoms with Crippen LogP contribution in [0.15, 0.2) is 24.3 Å². The monoisotopic (exact) mass is 361 g/mol. The lowest BCUT2D eigenvalue weighted by atomic mass is 10.0. The van der Waals surface area contributed by atoms with Crippen LogP contribution in [0.25, 0.3) is 0 Å². The summed E-state index contributed by atoms with van der Waals surface area (Å²) in [5.74, 6) is -1.07. The van der Waals surface area contributed by atoms with Gasteiger partial charge in [-0.1, -0.05) is 18.2 Å². The summed E-state index contributed by atoms with van der Waals surface area (Å²) < 4.78 is 61.9. The molecule has 1 saturated heterocycles. The predicted molar refractivity (Wildman–Crippen MR) is 82.1 cm³/mol. The third-order valence-electron chi connectivity index (χ3n) is 4.69. The maximum absolute atomic E-state index is 13.1. The standard InChI is InChI=1S/C16H18F3NO3S/c17-16(18,19)14-4-2-1-3-11(14)12-9-13(12)15(21)20-10-5-7-24(22,23)8-6-10/h1-4,10,12-13H,5-9H2,(H,20,21)/t12-,13-/m1/s1. The molecule has 1 amide bonds. The van der Waals surface area contributed by atoms with Crippen LogP contribution >= 0.6 is 0 Å². The first-order chi connectivity index (χ1) is 11.2. The van der Waals surface area contributed by atoms with Crippen LogP contribution < -0.4 is 5.32 Å². The number of hydrogen-bond acceptors (Lipinski definition) is 3. The number of benzene rings is 1. The highest BCUT2D eigenvalue weighted by Gasteiger charge is 2.48. The number of hydrogen-bond donors (Lipinski definition) is 1. The van der Waals surface area contributed by atoms with Crippen LogP contribution in [0.5, 0.6) is 0 Å². The first kappa shape index (κ1) is 17.3. The van der Waals surface area contributed by atoms with Crippen LogP contribution in [0.2, 0.25) is 0 Å². The fourth-order valence-corrected chi connectivity index (χ4v) is 4.74. The molecule has 0 aromatic heterocycles. The van der Waals surface area contributed by atoms with E-state index in [1.54, 1.807) is 6.07 Å². The summed E-state index contributed by atoms with van der Waals surface area (Å²) in [7, 11) is -3.01. The van der Waals surface area contributed by atoms with Crippen LogP contribution in [0, 0.1) is 5.92 Å². The van der Waals surface area contributed by atoms with Crippen molar-refractivity contribution < 1.29 is 26.4 Å². The Hall–Kier alpha value is -1.57. The third-order valence-corrected chi connectivity index (χ3v) is 6.41. The molecule has 2 atom stereocenters. The molecule has 1 N–H and O–H groups in total. The van der Waals surface area contributed by atoms with E-state index in [9.17, 15) is 26.4 Å². The van der Waals surface area contributed by atoms with E-state index in [4.69, 9.17) is 0 Å². The first-order valence-electron chi connectivity index (χ1n) is 7.84. The molecule has 2 fully saturated rings. The second-order valence-electron chi connectivity index (χ2n) is 6.47. The Bertz CT molecular complexity index is 731. The molecule has 8 heteroatoms. The molecule has 1 saturated carbocycles. The normalized spacial score (nSPS) is 26.8. The van der Waals surface area contributed by atoms with Crippen molar-refractivity contribution in [3.8, 4) is 0 Å². The number of sulfone groups is 1. The quantitative estimate of drug-likeness (QED) is 0.900. The Labute approximate surface area is 138 Å².